The van der Waals surface area contributed by atoms with Crippen LogP contribution in [0.4, 0.5) is 5.69 Å². The summed E-state index contributed by atoms with van der Waals surface area (Å²) in [5, 5.41) is 0. The Labute approximate surface area is 102 Å². The van der Waals surface area contributed by atoms with E-state index in [2.05, 4.69) is 30.0 Å². The van der Waals surface area contributed by atoms with Gasteiger partial charge in [-0.3, -0.25) is 0 Å². The average molecular weight is 233 g/mol. The predicted octanol–water partition coefficient (Wildman–Crippen LogP) is 2.37. The van der Waals surface area contributed by atoms with Gasteiger partial charge in [0.2, 0.25) is 0 Å². The summed E-state index contributed by atoms with van der Waals surface area (Å²) >= 11 is 0. The highest BCUT2D eigenvalue weighted by Crippen LogP contribution is 2.33. The maximum absolute atomic E-state index is 5.72. The lowest BCUT2D eigenvalue weighted by atomic mass is 10.1. The Kier molecular flexibility index (Phi) is 2.93. The minimum absolute atomic E-state index is 0.405. The van der Waals surface area contributed by atoms with Gasteiger partial charge in [0.25, 0.3) is 0 Å². The van der Waals surface area contributed by atoms with Crippen molar-refractivity contribution in [3.8, 4) is 5.75 Å². The summed E-state index contributed by atoms with van der Waals surface area (Å²) in [6.45, 7) is 5.77. The van der Waals surface area contributed by atoms with Crippen molar-refractivity contribution >= 4 is 5.69 Å². The Balaban J connectivity index is 1.78. The molecule has 0 aliphatic carbocycles. The van der Waals surface area contributed by atoms with Crippen molar-refractivity contribution in [1.82, 2.24) is 0 Å². The highest BCUT2D eigenvalue weighted by molar-refractivity contribution is 5.61. The predicted molar refractivity (Wildman–Crippen MR) is 67.9 cm³/mol. The van der Waals surface area contributed by atoms with Crippen molar-refractivity contribution in [3.63, 3.8) is 0 Å². The third-order valence-electron chi connectivity index (χ3n) is 3.52. The molecule has 1 unspecified atom stereocenters. The summed E-state index contributed by atoms with van der Waals surface area (Å²) in [6.07, 6.45) is 2.80. The molecule has 0 bridgehead atoms. The zero-order valence-electron chi connectivity index (χ0n) is 10.3. The Bertz CT molecular complexity index is 399. The monoisotopic (exact) mass is 233 g/mol. The van der Waals surface area contributed by atoms with Crippen molar-refractivity contribution in [2.45, 2.75) is 25.9 Å². The van der Waals surface area contributed by atoms with Gasteiger partial charge in [-0.15, -0.1) is 0 Å². The van der Waals surface area contributed by atoms with Gasteiger partial charge in [-0.1, -0.05) is 6.07 Å². The lowest BCUT2D eigenvalue weighted by Crippen LogP contribution is -2.38. The van der Waals surface area contributed by atoms with Crippen LogP contribution in [0, 0.1) is 6.92 Å². The highest BCUT2D eigenvalue weighted by Gasteiger charge is 2.23. The van der Waals surface area contributed by atoms with E-state index in [4.69, 9.17) is 9.47 Å². The molecule has 0 radical (unpaired) electrons. The number of rotatable bonds is 2. The molecule has 1 saturated heterocycles. The highest BCUT2D eigenvalue weighted by atomic mass is 16.5. The first-order valence-electron chi connectivity index (χ1n) is 6.43. The summed E-state index contributed by atoms with van der Waals surface area (Å²) in [5.41, 5.74) is 2.47. The number of aryl methyl sites for hydroxylation is 1. The van der Waals surface area contributed by atoms with Crippen LogP contribution in [0.15, 0.2) is 18.2 Å². The Morgan fingerprint density at radius 3 is 3.12 bits per heavy atom. The van der Waals surface area contributed by atoms with E-state index < -0.39 is 0 Å². The van der Waals surface area contributed by atoms with E-state index >= 15 is 0 Å². The lowest BCUT2D eigenvalue weighted by Gasteiger charge is -2.33. The standard InChI is InChI=1S/C14H19NO2/c1-11-4-5-13-14(9-11)17-8-6-15(13)10-12-3-2-7-16-12/h4-5,9,12H,2-3,6-8,10H2,1H3. The second-order valence-corrected chi connectivity index (χ2v) is 4.90. The molecule has 0 saturated carbocycles. The van der Waals surface area contributed by atoms with Crippen LogP contribution < -0.4 is 9.64 Å². The maximum Gasteiger partial charge on any atom is 0.142 e. The van der Waals surface area contributed by atoms with Gasteiger partial charge in [-0.2, -0.15) is 0 Å². The fraction of sp³-hybridized carbons (Fsp3) is 0.571. The van der Waals surface area contributed by atoms with E-state index in [-0.39, 0.29) is 0 Å². The first-order valence-corrected chi connectivity index (χ1v) is 6.43. The molecule has 17 heavy (non-hydrogen) atoms. The topological polar surface area (TPSA) is 21.7 Å². The van der Waals surface area contributed by atoms with Crippen LogP contribution >= 0.6 is 0 Å². The summed E-state index contributed by atoms with van der Waals surface area (Å²) in [7, 11) is 0. The lowest BCUT2D eigenvalue weighted by molar-refractivity contribution is 0.114. The molecule has 2 aliphatic rings. The second-order valence-electron chi connectivity index (χ2n) is 4.90. The first-order chi connectivity index (χ1) is 8.33. The van der Waals surface area contributed by atoms with Gasteiger partial charge in [-0.05, 0) is 37.5 Å². The number of benzene rings is 1. The molecule has 3 rings (SSSR count). The average Bonchev–Trinajstić information content (AvgIpc) is 2.82. The first kappa shape index (κ1) is 10.9. The van der Waals surface area contributed by atoms with Crippen LogP contribution in [0.3, 0.4) is 0 Å². The van der Waals surface area contributed by atoms with Gasteiger partial charge in [-0.25, -0.2) is 0 Å². The third kappa shape index (κ3) is 2.25. The van der Waals surface area contributed by atoms with Crippen LogP contribution in [-0.4, -0.2) is 32.4 Å². The molecule has 0 amide bonds. The van der Waals surface area contributed by atoms with E-state index in [0.29, 0.717) is 6.10 Å². The molecule has 2 heterocycles. The van der Waals surface area contributed by atoms with Gasteiger partial charge in [0.15, 0.2) is 0 Å². The fourth-order valence-electron chi connectivity index (χ4n) is 2.61. The molecule has 3 nitrogen and oxygen atoms in total. The molecule has 3 heteroatoms. The largest absolute Gasteiger partial charge is 0.490 e. The molecule has 0 aromatic heterocycles. The number of hydrogen-bond acceptors (Lipinski definition) is 3. The number of nitrogens with zero attached hydrogens (tertiary/aromatic N) is 1. The van der Waals surface area contributed by atoms with Crippen molar-refractivity contribution in [2.24, 2.45) is 0 Å². The van der Waals surface area contributed by atoms with Crippen molar-refractivity contribution in [1.29, 1.82) is 0 Å². The van der Waals surface area contributed by atoms with Crippen LogP contribution in [-0.2, 0) is 4.74 Å². The Morgan fingerprint density at radius 2 is 2.29 bits per heavy atom. The number of fused-ring (bicyclic) bond motifs is 1. The molecule has 1 fully saturated rings. The van der Waals surface area contributed by atoms with Crippen molar-refractivity contribution in [3.05, 3.63) is 23.8 Å². The van der Waals surface area contributed by atoms with Crippen LogP contribution in [0.5, 0.6) is 5.75 Å². The van der Waals surface area contributed by atoms with Crippen LogP contribution in [0.2, 0.25) is 0 Å². The molecular formula is C14H19NO2. The quantitative estimate of drug-likeness (QED) is 0.782. The zero-order valence-corrected chi connectivity index (χ0v) is 10.3. The Morgan fingerprint density at radius 1 is 1.35 bits per heavy atom. The van der Waals surface area contributed by atoms with E-state index in [1.165, 1.54) is 24.1 Å². The molecule has 0 spiro atoms. The third-order valence-corrected chi connectivity index (χ3v) is 3.52. The molecule has 0 N–H and O–H groups in total. The van der Waals surface area contributed by atoms with Gasteiger partial charge in [0.05, 0.1) is 18.3 Å². The molecule has 1 atom stereocenters. The number of hydrogen-bond donors (Lipinski definition) is 0. The Hall–Kier alpha value is -1.22. The van der Waals surface area contributed by atoms with E-state index in [0.717, 1.165) is 32.1 Å². The zero-order chi connectivity index (χ0) is 11.7. The summed E-state index contributed by atoms with van der Waals surface area (Å²) < 4.78 is 11.4. The fourth-order valence-corrected chi connectivity index (χ4v) is 2.61. The number of anilines is 1. The van der Waals surface area contributed by atoms with Gasteiger partial charge in [0, 0.05) is 13.2 Å². The van der Waals surface area contributed by atoms with Gasteiger partial charge < -0.3 is 14.4 Å². The minimum Gasteiger partial charge on any atom is -0.490 e. The molecule has 1 aromatic rings. The van der Waals surface area contributed by atoms with E-state index in [1.807, 2.05) is 0 Å². The molecule has 1 aromatic carbocycles. The summed E-state index contributed by atoms with van der Waals surface area (Å²) in [6, 6.07) is 6.44. The summed E-state index contributed by atoms with van der Waals surface area (Å²) in [5.74, 6) is 1.02. The van der Waals surface area contributed by atoms with E-state index in [1.54, 1.807) is 0 Å². The van der Waals surface area contributed by atoms with Crippen molar-refractivity contribution < 1.29 is 9.47 Å². The smallest absolute Gasteiger partial charge is 0.142 e. The summed E-state index contributed by atoms with van der Waals surface area (Å²) in [4.78, 5) is 2.40. The van der Waals surface area contributed by atoms with E-state index in [9.17, 15) is 0 Å². The van der Waals surface area contributed by atoms with Crippen molar-refractivity contribution in [2.75, 3.05) is 31.2 Å². The van der Waals surface area contributed by atoms with Gasteiger partial charge in [0.1, 0.15) is 12.4 Å². The number of ether oxygens (including phenoxy) is 2. The minimum atomic E-state index is 0.405. The van der Waals surface area contributed by atoms with Gasteiger partial charge >= 0.3 is 0 Å². The molecular weight excluding hydrogens is 214 g/mol. The van der Waals surface area contributed by atoms with Crippen LogP contribution in [0.25, 0.3) is 0 Å². The van der Waals surface area contributed by atoms with Crippen LogP contribution in [0.1, 0.15) is 18.4 Å². The normalized spacial score (nSPS) is 23.4. The second kappa shape index (κ2) is 4.57. The molecule has 2 aliphatic heterocycles. The molecule has 92 valence electrons. The maximum atomic E-state index is 5.72. The SMILES string of the molecule is Cc1ccc2c(c1)OCCN2CC1CCCO1.